The highest BCUT2D eigenvalue weighted by atomic mass is 15.3. The van der Waals surface area contributed by atoms with E-state index in [0.717, 1.165) is 16.7 Å². The van der Waals surface area contributed by atoms with Gasteiger partial charge in [-0.2, -0.15) is 4.98 Å². The molecule has 0 saturated carbocycles. The first-order chi connectivity index (χ1) is 7.25. The first kappa shape index (κ1) is 8.16. The number of nitrogens with two attached hydrogens (primary N) is 1. The number of nitrogen functional groups attached to an aromatic ring is 1. The van der Waals surface area contributed by atoms with Crippen molar-refractivity contribution in [3.63, 3.8) is 0 Å². The van der Waals surface area contributed by atoms with Crippen LogP contribution in [0.1, 0.15) is 5.69 Å². The first-order valence-electron chi connectivity index (χ1n) is 4.63. The largest absolute Gasteiger partial charge is 0.366 e. The number of para-hydroxylation sites is 2. The Labute approximate surface area is 85.6 Å². The third-order valence-electron chi connectivity index (χ3n) is 2.35. The van der Waals surface area contributed by atoms with Crippen molar-refractivity contribution >= 4 is 22.6 Å². The third kappa shape index (κ3) is 1.06. The fraction of sp³-hybridized carbons (Fsp3) is 0.100. The highest BCUT2D eigenvalue weighted by molar-refractivity contribution is 5.78. The summed E-state index contributed by atoms with van der Waals surface area (Å²) in [4.78, 5) is 8.57. The molecule has 2 aromatic heterocycles. The van der Waals surface area contributed by atoms with Crippen molar-refractivity contribution in [1.82, 2.24) is 19.6 Å². The van der Waals surface area contributed by atoms with E-state index in [0.29, 0.717) is 5.65 Å². The maximum absolute atomic E-state index is 5.58. The summed E-state index contributed by atoms with van der Waals surface area (Å²) in [6.07, 6.45) is 0. The number of anilines is 1. The number of fused-ring (bicyclic) bond motifs is 3. The molecule has 0 aliphatic heterocycles. The van der Waals surface area contributed by atoms with Crippen molar-refractivity contribution in [3.05, 3.63) is 30.0 Å². The lowest BCUT2D eigenvalue weighted by molar-refractivity contribution is 0.991. The van der Waals surface area contributed by atoms with Crippen LogP contribution in [0.25, 0.3) is 16.7 Å². The normalized spacial score (nSPS) is 11.3. The zero-order chi connectivity index (χ0) is 10.4. The molecule has 1 aromatic carbocycles. The van der Waals surface area contributed by atoms with Gasteiger partial charge in [0.25, 0.3) is 0 Å². The molecule has 3 rings (SSSR count). The molecule has 5 heteroatoms. The lowest BCUT2D eigenvalue weighted by Crippen LogP contribution is -1.96. The molecule has 0 radical (unpaired) electrons. The van der Waals surface area contributed by atoms with Gasteiger partial charge in [0.05, 0.1) is 16.7 Å². The summed E-state index contributed by atoms with van der Waals surface area (Å²) >= 11 is 0. The minimum Gasteiger partial charge on any atom is -0.366 e. The molecular formula is C10H9N5. The topological polar surface area (TPSA) is 69.1 Å². The number of aryl methyl sites for hydroxylation is 1. The summed E-state index contributed by atoms with van der Waals surface area (Å²) in [6, 6.07) is 7.78. The third-order valence-corrected chi connectivity index (χ3v) is 2.35. The van der Waals surface area contributed by atoms with Gasteiger partial charge in [-0.1, -0.05) is 12.1 Å². The molecule has 0 spiro atoms. The fourth-order valence-electron chi connectivity index (χ4n) is 1.70. The van der Waals surface area contributed by atoms with Gasteiger partial charge in [0.2, 0.25) is 5.95 Å². The van der Waals surface area contributed by atoms with Gasteiger partial charge in [0.15, 0.2) is 5.65 Å². The van der Waals surface area contributed by atoms with Crippen LogP contribution in [-0.2, 0) is 0 Å². The second-order valence-corrected chi connectivity index (χ2v) is 3.39. The van der Waals surface area contributed by atoms with E-state index < -0.39 is 0 Å². The Kier molecular flexibility index (Phi) is 1.45. The number of hydrogen-bond acceptors (Lipinski definition) is 4. The van der Waals surface area contributed by atoms with Crippen LogP contribution in [-0.4, -0.2) is 19.6 Å². The van der Waals surface area contributed by atoms with E-state index in [2.05, 4.69) is 15.1 Å². The van der Waals surface area contributed by atoms with E-state index in [-0.39, 0.29) is 5.95 Å². The van der Waals surface area contributed by atoms with Gasteiger partial charge < -0.3 is 5.73 Å². The van der Waals surface area contributed by atoms with Crippen molar-refractivity contribution in [1.29, 1.82) is 0 Å². The maximum Gasteiger partial charge on any atom is 0.240 e. The lowest BCUT2D eigenvalue weighted by atomic mass is 10.3. The Morgan fingerprint density at radius 1 is 1.20 bits per heavy atom. The van der Waals surface area contributed by atoms with Crippen LogP contribution in [0.3, 0.4) is 0 Å². The van der Waals surface area contributed by atoms with Crippen molar-refractivity contribution in [2.75, 3.05) is 5.73 Å². The SMILES string of the molecule is Cc1nc2ccccc2n2nc(N)nc12. The van der Waals surface area contributed by atoms with Crippen LogP contribution in [0.5, 0.6) is 0 Å². The van der Waals surface area contributed by atoms with E-state index in [1.54, 1.807) is 4.52 Å². The second-order valence-electron chi connectivity index (χ2n) is 3.39. The summed E-state index contributed by atoms with van der Waals surface area (Å²) in [7, 11) is 0. The molecule has 0 atom stereocenters. The number of hydrogen-bond donors (Lipinski definition) is 1. The quantitative estimate of drug-likeness (QED) is 0.590. The molecule has 0 fully saturated rings. The minimum absolute atomic E-state index is 0.274. The average molecular weight is 199 g/mol. The maximum atomic E-state index is 5.58. The zero-order valence-electron chi connectivity index (χ0n) is 8.18. The van der Waals surface area contributed by atoms with Crippen LogP contribution in [0.2, 0.25) is 0 Å². The van der Waals surface area contributed by atoms with Crippen LogP contribution < -0.4 is 5.73 Å². The molecular weight excluding hydrogens is 190 g/mol. The molecule has 15 heavy (non-hydrogen) atoms. The van der Waals surface area contributed by atoms with Gasteiger partial charge in [0, 0.05) is 0 Å². The summed E-state index contributed by atoms with van der Waals surface area (Å²) in [5, 5.41) is 4.15. The summed E-state index contributed by atoms with van der Waals surface area (Å²) < 4.78 is 1.73. The summed E-state index contributed by atoms with van der Waals surface area (Å²) in [6.45, 7) is 1.90. The van der Waals surface area contributed by atoms with E-state index in [1.165, 1.54) is 0 Å². The van der Waals surface area contributed by atoms with E-state index >= 15 is 0 Å². The van der Waals surface area contributed by atoms with Crippen LogP contribution in [0, 0.1) is 6.92 Å². The smallest absolute Gasteiger partial charge is 0.240 e. The van der Waals surface area contributed by atoms with Crippen molar-refractivity contribution in [2.24, 2.45) is 0 Å². The van der Waals surface area contributed by atoms with Crippen LogP contribution in [0.4, 0.5) is 5.95 Å². The Morgan fingerprint density at radius 3 is 2.87 bits per heavy atom. The molecule has 0 aliphatic carbocycles. The Balaban J connectivity index is 2.63. The Bertz CT molecular complexity index is 655. The predicted molar refractivity (Wildman–Crippen MR) is 57.4 cm³/mol. The Morgan fingerprint density at radius 2 is 2.00 bits per heavy atom. The van der Waals surface area contributed by atoms with Gasteiger partial charge in [-0.05, 0) is 19.1 Å². The molecule has 0 saturated heterocycles. The summed E-state index contributed by atoms with van der Waals surface area (Å²) in [5.74, 6) is 0.274. The molecule has 74 valence electrons. The number of benzene rings is 1. The molecule has 0 unspecified atom stereocenters. The predicted octanol–water partition coefficient (Wildman–Crippen LogP) is 1.17. The molecule has 2 heterocycles. The van der Waals surface area contributed by atoms with Gasteiger partial charge >= 0.3 is 0 Å². The molecule has 2 N–H and O–H groups in total. The van der Waals surface area contributed by atoms with E-state index in [9.17, 15) is 0 Å². The molecule has 0 amide bonds. The highest BCUT2D eigenvalue weighted by Gasteiger charge is 2.08. The molecule has 3 aromatic rings. The molecule has 5 nitrogen and oxygen atoms in total. The van der Waals surface area contributed by atoms with Crippen LogP contribution in [0.15, 0.2) is 24.3 Å². The van der Waals surface area contributed by atoms with Gasteiger partial charge in [-0.3, -0.25) is 0 Å². The number of aromatic nitrogens is 4. The van der Waals surface area contributed by atoms with Gasteiger partial charge in [-0.15, -0.1) is 5.10 Å². The van der Waals surface area contributed by atoms with Gasteiger partial charge in [0.1, 0.15) is 0 Å². The lowest BCUT2D eigenvalue weighted by Gasteiger charge is -2.01. The zero-order valence-corrected chi connectivity index (χ0v) is 8.18. The Hall–Kier alpha value is -2.17. The summed E-state index contributed by atoms with van der Waals surface area (Å²) in [5.41, 5.74) is 8.94. The standard InChI is InChI=1S/C10H9N5/c1-6-9-13-10(11)14-15(9)8-5-3-2-4-7(8)12-6/h2-5H,1H3,(H2,11,14). The highest BCUT2D eigenvalue weighted by Crippen LogP contribution is 2.16. The monoisotopic (exact) mass is 199 g/mol. The van der Waals surface area contributed by atoms with Crippen molar-refractivity contribution < 1.29 is 0 Å². The van der Waals surface area contributed by atoms with Crippen molar-refractivity contribution in [2.45, 2.75) is 6.92 Å². The van der Waals surface area contributed by atoms with Crippen LogP contribution >= 0.6 is 0 Å². The molecule has 0 bridgehead atoms. The fourth-order valence-corrected chi connectivity index (χ4v) is 1.70. The van der Waals surface area contributed by atoms with Crippen molar-refractivity contribution in [3.8, 4) is 0 Å². The number of nitrogens with zero attached hydrogens (tertiary/aromatic N) is 4. The van der Waals surface area contributed by atoms with Gasteiger partial charge in [-0.25, -0.2) is 9.50 Å². The first-order valence-corrected chi connectivity index (χ1v) is 4.63. The second kappa shape index (κ2) is 2.66. The van der Waals surface area contributed by atoms with E-state index in [4.69, 9.17) is 5.73 Å². The number of rotatable bonds is 0. The average Bonchev–Trinajstić information content (AvgIpc) is 2.61. The minimum atomic E-state index is 0.274. The molecule has 0 aliphatic rings. The van der Waals surface area contributed by atoms with E-state index in [1.807, 2.05) is 31.2 Å².